The van der Waals surface area contributed by atoms with Crippen LogP contribution in [0.3, 0.4) is 0 Å². The third-order valence-corrected chi connectivity index (χ3v) is 3.66. The van der Waals surface area contributed by atoms with E-state index >= 15 is 0 Å². The van der Waals surface area contributed by atoms with Gasteiger partial charge >= 0.3 is 5.97 Å². The number of hydrogen-bond acceptors (Lipinski definition) is 5. The van der Waals surface area contributed by atoms with Gasteiger partial charge < -0.3 is 19.6 Å². The zero-order valence-electron chi connectivity index (χ0n) is 14.3. The highest BCUT2D eigenvalue weighted by molar-refractivity contribution is 5.95. The van der Waals surface area contributed by atoms with Crippen molar-refractivity contribution >= 4 is 23.4 Å². The molecule has 7 heteroatoms. The number of aromatic nitrogens is 1. The number of amides is 1. The first-order valence-electron chi connectivity index (χ1n) is 7.77. The second kappa shape index (κ2) is 8.79. The molecule has 0 saturated carbocycles. The van der Waals surface area contributed by atoms with Crippen LogP contribution in [0.5, 0.6) is 0 Å². The number of nitrogens with zero attached hydrogens (tertiary/aromatic N) is 3. The van der Waals surface area contributed by atoms with Crippen LogP contribution in [0.1, 0.15) is 10.4 Å². The third kappa shape index (κ3) is 5.02. The highest BCUT2D eigenvalue weighted by atomic mass is 16.5. The van der Waals surface area contributed by atoms with Gasteiger partial charge in [-0.3, -0.25) is 9.59 Å². The summed E-state index contributed by atoms with van der Waals surface area (Å²) in [5.41, 5.74) is 1.31. The number of rotatable bonds is 8. The van der Waals surface area contributed by atoms with Gasteiger partial charge in [0, 0.05) is 32.6 Å². The van der Waals surface area contributed by atoms with E-state index in [9.17, 15) is 9.59 Å². The average Bonchev–Trinajstić information content (AvgIpc) is 2.64. The molecule has 0 aliphatic rings. The van der Waals surface area contributed by atoms with Gasteiger partial charge in [-0.2, -0.15) is 0 Å². The highest BCUT2D eigenvalue weighted by Crippen LogP contribution is 2.21. The maximum absolute atomic E-state index is 12.5. The van der Waals surface area contributed by atoms with Gasteiger partial charge in [0.05, 0.1) is 12.2 Å². The highest BCUT2D eigenvalue weighted by Gasteiger charge is 2.19. The van der Waals surface area contributed by atoms with E-state index in [1.165, 1.54) is 18.2 Å². The Morgan fingerprint density at radius 2 is 1.88 bits per heavy atom. The molecule has 0 bridgehead atoms. The van der Waals surface area contributed by atoms with Crippen LogP contribution in [-0.2, 0) is 9.53 Å². The molecule has 2 aromatic rings. The molecule has 25 heavy (non-hydrogen) atoms. The standard InChI is InChI=1S/C18H21N3O4/c1-20(15-6-4-3-5-7-15)16-9-8-14(12-19-16)18(24)21(10-11-25-2)13-17(22)23/h3-9,12H,10-11,13H2,1-2H3,(H,22,23). The number of pyridine rings is 1. The maximum atomic E-state index is 12.5. The fourth-order valence-electron chi connectivity index (χ4n) is 2.29. The number of methoxy groups -OCH3 is 1. The minimum atomic E-state index is -1.07. The smallest absolute Gasteiger partial charge is 0.323 e. The van der Waals surface area contributed by atoms with E-state index in [4.69, 9.17) is 9.84 Å². The number of carboxylic acid groups (broad SMARTS) is 1. The van der Waals surface area contributed by atoms with E-state index in [1.54, 1.807) is 12.1 Å². The van der Waals surface area contributed by atoms with Crippen LogP contribution < -0.4 is 4.90 Å². The van der Waals surface area contributed by atoms with Crippen molar-refractivity contribution in [3.63, 3.8) is 0 Å². The Morgan fingerprint density at radius 1 is 1.16 bits per heavy atom. The fraction of sp³-hybridized carbons (Fsp3) is 0.278. The van der Waals surface area contributed by atoms with Gasteiger partial charge in [0.2, 0.25) is 0 Å². The van der Waals surface area contributed by atoms with Crippen molar-refractivity contribution in [2.24, 2.45) is 0 Å². The van der Waals surface area contributed by atoms with Crippen LogP contribution in [0.4, 0.5) is 11.5 Å². The molecule has 0 atom stereocenters. The molecule has 0 aliphatic heterocycles. The predicted octanol–water partition coefficient (Wildman–Crippen LogP) is 2.02. The molecule has 132 valence electrons. The summed E-state index contributed by atoms with van der Waals surface area (Å²) >= 11 is 0. The zero-order chi connectivity index (χ0) is 18.2. The summed E-state index contributed by atoms with van der Waals surface area (Å²) in [7, 11) is 3.38. The lowest BCUT2D eigenvalue weighted by atomic mass is 10.2. The molecule has 1 aromatic heterocycles. The quantitative estimate of drug-likeness (QED) is 0.790. The molecule has 2 rings (SSSR count). The van der Waals surface area contributed by atoms with Crippen LogP contribution in [0.25, 0.3) is 0 Å². The summed E-state index contributed by atoms with van der Waals surface area (Å²) in [6.45, 7) is 0.0858. The van der Waals surface area contributed by atoms with E-state index in [0.29, 0.717) is 11.4 Å². The first kappa shape index (κ1) is 18.4. The molecule has 0 radical (unpaired) electrons. The molecule has 0 aliphatic carbocycles. The fourth-order valence-corrected chi connectivity index (χ4v) is 2.29. The molecule has 0 unspecified atom stereocenters. The SMILES string of the molecule is COCCN(CC(=O)O)C(=O)c1ccc(N(C)c2ccccc2)nc1. The summed E-state index contributed by atoms with van der Waals surface area (Å²) < 4.78 is 4.93. The summed E-state index contributed by atoms with van der Waals surface area (Å²) in [4.78, 5) is 30.9. The number of para-hydroxylation sites is 1. The Hall–Kier alpha value is -2.93. The monoisotopic (exact) mass is 343 g/mol. The topological polar surface area (TPSA) is 83.0 Å². The van der Waals surface area contributed by atoms with Gasteiger partial charge in [0.15, 0.2) is 0 Å². The first-order chi connectivity index (χ1) is 12.0. The molecule has 1 N–H and O–H groups in total. The Bertz CT molecular complexity index is 704. The van der Waals surface area contributed by atoms with E-state index in [-0.39, 0.29) is 25.6 Å². The Morgan fingerprint density at radius 3 is 2.44 bits per heavy atom. The number of hydrogen-bond donors (Lipinski definition) is 1. The number of ether oxygens (including phenoxy) is 1. The second-order valence-electron chi connectivity index (χ2n) is 5.41. The molecule has 0 saturated heterocycles. The van der Waals surface area contributed by atoms with Gasteiger partial charge in [0.25, 0.3) is 5.91 Å². The number of benzene rings is 1. The van der Waals surface area contributed by atoms with Crippen molar-refractivity contribution in [3.05, 3.63) is 54.2 Å². The lowest BCUT2D eigenvalue weighted by molar-refractivity contribution is -0.137. The van der Waals surface area contributed by atoms with Crippen LogP contribution in [0.2, 0.25) is 0 Å². The lowest BCUT2D eigenvalue weighted by Gasteiger charge is -2.21. The van der Waals surface area contributed by atoms with Crippen molar-refractivity contribution < 1.29 is 19.4 Å². The van der Waals surface area contributed by atoms with Gasteiger partial charge in [-0.15, -0.1) is 0 Å². The molecule has 0 spiro atoms. The predicted molar refractivity (Wildman–Crippen MR) is 94.2 cm³/mol. The van der Waals surface area contributed by atoms with Crippen LogP contribution in [0.15, 0.2) is 48.7 Å². The van der Waals surface area contributed by atoms with Gasteiger partial charge in [-0.05, 0) is 24.3 Å². The van der Waals surface area contributed by atoms with E-state index in [1.807, 2.05) is 42.3 Å². The summed E-state index contributed by atoms with van der Waals surface area (Å²) in [5, 5.41) is 8.96. The number of carbonyl (C=O) groups excluding carboxylic acids is 1. The van der Waals surface area contributed by atoms with Gasteiger partial charge in [0.1, 0.15) is 12.4 Å². The van der Waals surface area contributed by atoms with Crippen LogP contribution in [-0.4, -0.2) is 60.7 Å². The molecular weight excluding hydrogens is 322 g/mol. The molecule has 0 fully saturated rings. The molecule has 1 amide bonds. The van der Waals surface area contributed by atoms with Crippen molar-refractivity contribution in [1.29, 1.82) is 0 Å². The van der Waals surface area contributed by atoms with Crippen molar-refractivity contribution in [1.82, 2.24) is 9.88 Å². The zero-order valence-corrected chi connectivity index (χ0v) is 14.3. The minimum absolute atomic E-state index is 0.202. The third-order valence-electron chi connectivity index (χ3n) is 3.66. The summed E-state index contributed by atoms with van der Waals surface area (Å²) in [6.07, 6.45) is 1.46. The first-order valence-corrected chi connectivity index (χ1v) is 7.77. The van der Waals surface area contributed by atoms with Gasteiger partial charge in [-0.1, -0.05) is 18.2 Å². The maximum Gasteiger partial charge on any atom is 0.323 e. The largest absolute Gasteiger partial charge is 0.480 e. The van der Waals surface area contributed by atoms with E-state index < -0.39 is 5.97 Å². The Balaban J connectivity index is 2.14. The molecule has 1 heterocycles. The minimum Gasteiger partial charge on any atom is -0.480 e. The van der Waals surface area contributed by atoms with Crippen molar-refractivity contribution in [2.75, 3.05) is 38.8 Å². The van der Waals surface area contributed by atoms with Crippen LogP contribution >= 0.6 is 0 Å². The Labute approximate surface area is 146 Å². The van der Waals surface area contributed by atoms with Crippen molar-refractivity contribution in [2.45, 2.75) is 0 Å². The second-order valence-corrected chi connectivity index (χ2v) is 5.41. The Kier molecular flexibility index (Phi) is 6.47. The van der Waals surface area contributed by atoms with Gasteiger partial charge in [-0.25, -0.2) is 4.98 Å². The van der Waals surface area contributed by atoms with Crippen molar-refractivity contribution in [3.8, 4) is 0 Å². The normalized spacial score (nSPS) is 10.3. The van der Waals surface area contributed by atoms with Crippen LogP contribution in [0, 0.1) is 0 Å². The summed E-state index contributed by atoms with van der Waals surface area (Å²) in [5.74, 6) is -0.775. The lowest BCUT2D eigenvalue weighted by Crippen LogP contribution is -2.38. The number of aliphatic carboxylic acids is 1. The number of anilines is 2. The number of carboxylic acids is 1. The summed E-state index contributed by atoms with van der Waals surface area (Å²) in [6, 6.07) is 13.1. The number of carbonyl (C=O) groups is 2. The average molecular weight is 343 g/mol. The van der Waals surface area contributed by atoms with E-state index in [2.05, 4.69) is 4.98 Å². The molecule has 7 nitrogen and oxygen atoms in total. The molecular formula is C18H21N3O4. The van der Waals surface area contributed by atoms with E-state index in [0.717, 1.165) is 5.69 Å². The molecule has 1 aromatic carbocycles.